The van der Waals surface area contributed by atoms with Gasteiger partial charge < -0.3 is 10.4 Å². The molecule has 1 aromatic heterocycles. The first kappa shape index (κ1) is 12.6. The number of benzene rings is 1. The number of phenolic OH excluding ortho intramolecular Hbond substituents is 1. The molecule has 0 amide bonds. The van der Waals surface area contributed by atoms with Crippen LogP contribution in [0.3, 0.4) is 0 Å². The van der Waals surface area contributed by atoms with E-state index in [0.29, 0.717) is 12.3 Å². The summed E-state index contributed by atoms with van der Waals surface area (Å²) in [4.78, 5) is 4.10. The molecule has 2 N–H and O–H groups in total. The molecule has 0 saturated carbocycles. The van der Waals surface area contributed by atoms with Gasteiger partial charge in [-0.1, -0.05) is 24.3 Å². The Bertz CT molecular complexity index is 511. The second kappa shape index (κ2) is 5.65. The summed E-state index contributed by atoms with van der Waals surface area (Å²) < 4.78 is 0. The van der Waals surface area contributed by atoms with Crippen molar-refractivity contribution in [1.82, 2.24) is 10.3 Å². The highest BCUT2D eigenvalue weighted by Gasteiger charge is 2.07. The lowest BCUT2D eigenvalue weighted by molar-refractivity contribution is 0.456. The van der Waals surface area contributed by atoms with Gasteiger partial charge in [0.1, 0.15) is 5.75 Å². The number of aromatic hydroxyl groups is 1. The van der Waals surface area contributed by atoms with Gasteiger partial charge in [-0.15, -0.1) is 0 Å². The summed E-state index contributed by atoms with van der Waals surface area (Å²) in [5, 5.41) is 13.3. The molecule has 0 unspecified atom stereocenters. The summed E-state index contributed by atoms with van der Waals surface area (Å²) in [5.41, 5.74) is 2.97. The topological polar surface area (TPSA) is 45.2 Å². The van der Waals surface area contributed by atoms with Gasteiger partial charge in [0.2, 0.25) is 0 Å². The minimum absolute atomic E-state index is 0.207. The quantitative estimate of drug-likeness (QED) is 0.866. The molecule has 3 heteroatoms. The highest BCUT2D eigenvalue weighted by molar-refractivity contribution is 5.39. The standard InChI is InChI=1S/C15H18N2O/c1-11-5-3-6-14(15(11)18)10-17-12(2)13-7-4-8-16-9-13/h3-9,12,17-18H,10H2,1-2H3/t12-/m1/s1. The van der Waals surface area contributed by atoms with E-state index >= 15 is 0 Å². The van der Waals surface area contributed by atoms with Crippen LogP contribution in [0.5, 0.6) is 5.75 Å². The average Bonchev–Trinajstić information content (AvgIpc) is 2.41. The maximum Gasteiger partial charge on any atom is 0.122 e. The van der Waals surface area contributed by atoms with Crippen LogP contribution < -0.4 is 5.32 Å². The van der Waals surface area contributed by atoms with E-state index in [1.165, 1.54) is 0 Å². The molecule has 18 heavy (non-hydrogen) atoms. The van der Waals surface area contributed by atoms with Crippen LogP contribution in [0.4, 0.5) is 0 Å². The van der Waals surface area contributed by atoms with Crippen LogP contribution in [0.15, 0.2) is 42.7 Å². The van der Waals surface area contributed by atoms with E-state index in [4.69, 9.17) is 0 Å². The largest absolute Gasteiger partial charge is 0.507 e. The Balaban J connectivity index is 2.02. The SMILES string of the molecule is Cc1cccc(CN[C@H](C)c2cccnc2)c1O. The van der Waals surface area contributed by atoms with E-state index in [1.807, 2.05) is 43.5 Å². The highest BCUT2D eigenvalue weighted by atomic mass is 16.3. The normalized spacial score (nSPS) is 12.3. The molecule has 2 aromatic rings. The summed E-state index contributed by atoms with van der Waals surface area (Å²) >= 11 is 0. The number of para-hydroxylation sites is 1. The summed E-state index contributed by atoms with van der Waals surface area (Å²) in [6.45, 7) is 4.64. The smallest absolute Gasteiger partial charge is 0.122 e. The third-order valence-corrected chi connectivity index (χ3v) is 3.10. The van der Waals surface area contributed by atoms with Crippen molar-refractivity contribution in [2.45, 2.75) is 26.4 Å². The Morgan fingerprint density at radius 3 is 2.83 bits per heavy atom. The summed E-state index contributed by atoms with van der Waals surface area (Å²) in [6, 6.07) is 9.98. The predicted octanol–water partition coefficient (Wildman–Crippen LogP) is 2.95. The maximum absolute atomic E-state index is 9.93. The number of nitrogens with zero attached hydrogens (tertiary/aromatic N) is 1. The summed E-state index contributed by atoms with van der Waals surface area (Å²) in [5.74, 6) is 0.378. The van der Waals surface area contributed by atoms with Gasteiger partial charge in [-0.25, -0.2) is 0 Å². The van der Waals surface area contributed by atoms with E-state index in [2.05, 4.69) is 17.2 Å². The van der Waals surface area contributed by atoms with Crippen LogP contribution in [-0.4, -0.2) is 10.1 Å². The van der Waals surface area contributed by atoms with Crippen LogP contribution in [0.1, 0.15) is 29.7 Å². The van der Waals surface area contributed by atoms with Gasteiger partial charge in [-0.3, -0.25) is 4.98 Å². The summed E-state index contributed by atoms with van der Waals surface area (Å²) in [7, 11) is 0. The zero-order chi connectivity index (χ0) is 13.0. The zero-order valence-electron chi connectivity index (χ0n) is 10.7. The Kier molecular flexibility index (Phi) is 3.95. The molecule has 0 fully saturated rings. The first-order chi connectivity index (χ1) is 8.68. The molecule has 0 spiro atoms. The molecule has 3 nitrogen and oxygen atoms in total. The average molecular weight is 242 g/mol. The van der Waals surface area contributed by atoms with Gasteiger partial charge in [-0.05, 0) is 31.0 Å². The van der Waals surface area contributed by atoms with Crippen molar-refractivity contribution < 1.29 is 5.11 Å². The van der Waals surface area contributed by atoms with E-state index < -0.39 is 0 Å². The molecule has 2 rings (SSSR count). The molecule has 0 bridgehead atoms. The van der Waals surface area contributed by atoms with Gasteiger partial charge in [0, 0.05) is 30.5 Å². The fourth-order valence-electron chi connectivity index (χ4n) is 1.88. The molecule has 1 aromatic carbocycles. The third-order valence-electron chi connectivity index (χ3n) is 3.10. The van der Waals surface area contributed by atoms with Crippen LogP contribution in [0, 0.1) is 6.92 Å². The minimum atomic E-state index is 0.207. The number of phenols is 1. The zero-order valence-corrected chi connectivity index (χ0v) is 10.7. The lowest BCUT2D eigenvalue weighted by Gasteiger charge is -2.15. The van der Waals surface area contributed by atoms with Crippen LogP contribution in [0.2, 0.25) is 0 Å². The molecule has 94 valence electrons. The van der Waals surface area contributed by atoms with Gasteiger partial charge >= 0.3 is 0 Å². The molecule has 1 heterocycles. The summed E-state index contributed by atoms with van der Waals surface area (Å²) in [6.07, 6.45) is 3.62. The third kappa shape index (κ3) is 2.87. The van der Waals surface area contributed by atoms with Crippen molar-refractivity contribution >= 4 is 0 Å². The Morgan fingerprint density at radius 2 is 2.11 bits per heavy atom. The first-order valence-corrected chi connectivity index (χ1v) is 6.09. The van der Waals surface area contributed by atoms with Gasteiger partial charge in [-0.2, -0.15) is 0 Å². The number of hydrogen-bond donors (Lipinski definition) is 2. The second-order valence-electron chi connectivity index (χ2n) is 4.47. The van der Waals surface area contributed by atoms with Crippen molar-refractivity contribution in [2.24, 2.45) is 0 Å². The van der Waals surface area contributed by atoms with E-state index in [9.17, 15) is 5.11 Å². The number of nitrogens with one attached hydrogen (secondary N) is 1. The van der Waals surface area contributed by atoms with Crippen molar-refractivity contribution in [3.8, 4) is 5.75 Å². The fraction of sp³-hybridized carbons (Fsp3) is 0.267. The number of aromatic nitrogens is 1. The predicted molar refractivity (Wildman–Crippen MR) is 72.3 cm³/mol. The molecule has 0 saturated heterocycles. The highest BCUT2D eigenvalue weighted by Crippen LogP contribution is 2.22. The van der Waals surface area contributed by atoms with Crippen LogP contribution >= 0.6 is 0 Å². The first-order valence-electron chi connectivity index (χ1n) is 6.09. The molecule has 0 aliphatic rings. The van der Waals surface area contributed by atoms with Crippen LogP contribution in [-0.2, 0) is 6.54 Å². The number of rotatable bonds is 4. The molecule has 0 aliphatic carbocycles. The van der Waals surface area contributed by atoms with Crippen molar-refractivity contribution in [3.05, 3.63) is 59.4 Å². The second-order valence-corrected chi connectivity index (χ2v) is 4.47. The van der Waals surface area contributed by atoms with E-state index in [0.717, 1.165) is 16.7 Å². The maximum atomic E-state index is 9.93. The Hall–Kier alpha value is -1.87. The Labute approximate surface area is 108 Å². The van der Waals surface area contributed by atoms with Crippen molar-refractivity contribution in [3.63, 3.8) is 0 Å². The fourth-order valence-corrected chi connectivity index (χ4v) is 1.88. The molecular weight excluding hydrogens is 224 g/mol. The van der Waals surface area contributed by atoms with Gasteiger partial charge in [0.05, 0.1) is 0 Å². The minimum Gasteiger partial charge on any atom is -0.507 e. The molecule has 0 radical (unpaired) electrons. The van der Waals surface area contributed by atoms with Gasteiger partial charge in [0.15, 0.2) is 0 Å². The van der Waals surface area contributed by atoms with Crippen molar-refractivity contribution in [1.29, 1.82) is 0 Å². The van der Waals surface area contributed by atoms with Gasteiger partial charge in [0.25, 0.3) is 0 Å². The number of aryl methyl sites for hydroxylation is 1. The van der Waals surface area contributed by atoms with Crippen LogP contribution in [0.25, 0.3) is 0 Å². The molecule has 1 atom stereocenters. The van der Waals surface area contributed by atoms with E-state index in [-0.39, 0.29) is 6.04 Å². The lowest BCUT2D eigenvalue weighted by Crippen LogP contribution is -2.18. The van der Waals surface area contributed by atoms with Crippen molar-refractivity contribution in [2.75, 3.05) is 0 Å². The number of hydrogen-bond acceptors (Lipinski definition) is 3. The monoisotopic (exact) mass is 242 g/mol. The van der Waals surface area contributed by atoms with E-state index in [1.54, 1.807) is 6.20 Å². The molecule has 0 aliphatic heterocycles. The Morgan fingerprint density at radius 1 is 1.28 bits per heavy atom. The lowest BCUT2D eigenvalue weighted by atomic mass is 10.1. The number of pyridine rings is 1. The molecular formula is C15H18N2O.